The Morgan fingerprint density at radius 3 is 2.17 bits per heavy atom. The molecule has 0 radical (unpaired) electrons. The van der Waals surface area contributed by atoms with Crippen molar-refractivity contribution in [2.45, 2.75) is 30.7 Å². The molecule has 10 nitrogen and oxygen atoms in total. The maximum Gasteiger partial charge on any atom is 0.338 e. The van der Waals surface area contributed by atoms with Crippen LogP contribution in [0.1, 0.15) is 10.4 Å². The highest BCUT2D eigenvalue weighted by molar-refractivity contribution is 5.91. The molecule has 0 aromatic heterocycles. The highest BCUT2D eigenvalue weighted by Gasteiger charge is 2.46. The molecule has 5 atom stereocenters. The van der Waals surface area contributed by atoms with Gasteiger partial charge in [0.25, 0.3) is 0 Å². The Balaban J connectivity index is 2.16. The number of carbonyl (C=O) groups is 1. The number of ether oxygens (including phenoxy) is 2. The quantitative estimate of drug-likeness (QED) is 0.236. The third kappa shape index (κ3) is 3.30. The largest absolute Gasteiger partial charge is 0.504 e. The van der Waals surface area contributed by atoms with Crippen molar-refractivity contribution in [1.29, 1.82) is 0 Å². The molecule has 5 unspecified atom stereocenters. The number of carbonyl (C=O) groups excluding carboxylic acids is 1. The van der Waals surface area contributed by atoms with E-state index in [9.17, 15) is 35.4 Å². The third-order valence-electron chi connectivity index (χ3n) is 3.39. The minimum atomic E-state index is -1.81. The van der Waals surface area contributed by atoms with Gasteiger partial charge < -0.3 is 45.2 Å². The Hall–Kier alpha value is -2.11. The van der Waals surface area contributed by atoms with Crippen LogP contribution in [0.5, 0.6) is 17.2 Å². The maximum absolute atomic E-state index is 11.9. The zero-order valence-electron chi connectivity index (χ0n) is 11.6. The fraction of sp³-hybridized carbons (Fsp3) is 0.462. The summed E-state index contributed by atoms with van der Waals surface area (Å²) in [5.41, 5.74) is -0.379. The fourth-order valence-electron chi connectivity index (χ4n) is 2.11. The summed E-state index contributed by atoms with van der Waals surface area (Å²) >= 11 is 0. The van der Waals surface area contributed by atoms with Crippen molar-refractivity contribution in [2.75, 3.05) is 6.61 Å². The second-order valence-electron chi connectivity index (χ2n) is 4.96. The van der Waals surface area contributed by atoms with Gasteiger partial charge in [0.1, 0.15) is 18.3 Å². The van der Waals surface area contributed by atoms with E-state index in [2.05, 4.69) is 0 Å². The molecule has 0 spiro atoms. The van der Waals surface area contributed by atoms with Crippen LogP contribution in [0.15, 0.2) is 12.1 Å². The Morgan fingerprint density at radius 2 is 1.65 bits per heavy atom. The second-order valence-corrected chi connectivity index (χ2v) is 4.96. The van der Waals surface area contributed by atoms with Crippen LogP contribution in [0.2, 0.25) is 0 Å². The summed E-state index contributed by atoms with van der Waals surface area (Å²) in [5, 5.41) is 66.0. The Bertz CT molecular complexity index is 565. The van der Waals surface area contributed by atoms with Crippen molar-refractivity contribution < 1.29 is 50.0 Å². The predicted octanol–water partition coefficient (Wildman–Crippen LogP) is -2.24. The summed E-state index contributed by atoms with van der Waals surface area (Å²) in [4.78, 5) is 11.9. The van der Waals surface area contributed by atoms with Crippen LogP contribution in [0.4, 0.5) is 0 Å². The number of aliphatic hydroxyl groups is 4. The average molecular weight is 332 g/mol. The average Bonchev–Trinajstić information content (AvgIpc) is 2.51. The first-order valence-corrected chi connectivity index (χ1v) is 6.52. The van der Waals surface area contributed by atoms with E-state index in [-0.39, 0.29) is 5.56 Å². The van der Waals surface area contributed by atoms with Crippen LogP contribution in [0, 0.1) is 0 Å². The van der Waals surface area contributed by atoms with Gasteiger partial charge in [-0.3, -0.25) is 0 Å². The maximum atomic E-state index is 11.9. The normalized spacial score (nSPS) is 30.9. The number of benzene rings is 1. The lowest BCUT2D eigenvalue weighted by molar-refractivity contribution is -0.285. The molecule has 0 saturated carbocycles. The molecule has 0 aliphatic carbocycles. The molecule has 2 rings (SSSR count). The number of aliphatic hydroxyl groups excluding tert-OH is 4. The summed E-state index contributed by atoms with van der Waals surface area (Å²) in [5.74, 6) is -3.56. The van der Waals surface area contributed by atoms with Crippen LogP contribution in [-0.4, -0.2) is 79.0 Å². The van der Waals surface area contributed by atoms with Crippen LogP contribution in [-0.2, 0) is 9.47 Å². The van der Waals surface area contributed by atoms with Gasteiger partial charge in [-0.05, 0) is 12.1 Å². The van der Waals surface area contributed by atoms with Gasteiger partial charge in [-0.1, -0.05) is 0 Å². The highest BCUT2D eigenvalue weighted by Crippen LogP contribution is 2.35. The van der Waals surface area contributed by atoms with Crippen molar-refractivity contribution in [3.05, 3.63) is 17.7 Å². The van der Waals surface area contributed by atoms with Crippen LogP contribution in [0.25, 0.3) is 0 Å². The molecule has 1 aliphatic rings. The Kier molecular flexibility index (Phi) is 4.92. The molecule has 1 heterocycles. The molecular formula is C13H16O10. The van der Waals surface area contributed by atoms with Gasteiger partial charge in [0.2, 0.25) is 0 Å². The molecule has 7 N–H and O–H groups in total. The first kappa shape index (κ1) is 17.2. The number of hydrogen-bond acceptors (Lipinski definition) is 10. The van der Waals surface area contributed by atoms with E-state index >= 15 is 0 Å². The lowest BCUT2D eigenvalue weighted by atomic mass is 9.99. The van der Waals surface area contributed by atoms with Crippen molar-refractivity contribution in [1.82, 2.24) is 0 Å². The second kappa shape index (κ2) is 6.56. The first-order valence-electron chi connectivity index (χ1n) is 6.52. The standard InChI is InChI=1S/C13H16O10/c14-3-7-9(18)10(19)11(13(21)22-7)23-12(20)4-1-5(15)8(17)6(16)2-4/h1-2,7,9-11,13-19,21H,3H2. The van der Waals surface area contributed by atoms with E-state index in [1.54, 1.807) is 0 Å². The minimum absolute atomic E-state index is 0.379. The number of rotatable bonds is 3. The van der Waals surface area contributed by atoms with Gasteiger partial charge in [0, 0.05) is 0 Å². The molecule has 0 bridgehead atoms. The zero-order valence-corrected chi connectivity index (χ0v) is 11.6. The lowest BCUT2D eigenvalue weighted by Gasteiger charge is -2.39. The summed E-state index contributed by atoms with van der Waals surface area (Å²) in [6.45, 7) is -0.671. The molecule has 1 aromatic rings. The third-order valence-corrected chi connectivity index (χ3v) is 3.39. The van der Waals surface area contributed by atoms with E-state index in [0.717, 1.165) is 12.1 Å². The van der Waals surface area contributed by atoms with Crippen LogP contribution < -0.4 is 0 Å². The van der Waals surface area contributed by atoms with E-state index in [4.69, 9.17) is 14.6 Å². The molecule has 1 saturated heterocycles. The van der Waals surface area contributed by atoms with E-state index in [1.165, 1.54) is 0 Å². The summed E-state index contributed by atoms with van der Waals surface area (Å²) in [7, 11) is 0. The smallest absolute Gasteiger partial charge is 0.338 e. The van der Waals surface area contributed by atoms with Gasteiger partial charge in [-0.2, -0.15) is 0 Å². The number of phenolic OH excluding ortho intramolecular Hbond substituents is 3. The van der Waals surface area contributed by atoms with E-state index < -0.39 is 60.5 Å². The zero-order chi connectivity index (χ0) is 17.3. The van der Waals surface area contributed by atoms with Crippen molar-refractivity contribution in [3.8, 4) is 17.2 Å². The Morgan fingerprint density at radius 1 is 1.09 bits per heavy atom. The number of aromatic hydroxyl groups is 3. The van der Waals surface area contributed by atoms with Crippen molar-refractivity contribution in [2.24, 2.45) is 0 Å². The molecule has 23 heavy (non-hydrogen) atoms. The van der Waals surface area contributed by atoms with Gasteiger partial charge >= 0.3 is 5.97 Å². The molecule has 0 amide bonds. The van der Waals surface area contributed by atoms with E-state index in [1.807, 2.05) is 0 Å². The number of esters is 1. The summed E-state index contributed by atoms with van der Waals surface area (Å²) < 4.78 is 9.62. The van der Waals surface area contributed by atoms with Crippen LogP contribution >= 0.6 is 0 Å². The minimum Gasteiger partial charge on any atom is -0.504 e. The fourth-order valence-corrected chi connectivity index (χ4v) is 2.11. The predicted molar refractivity (Wildman–Crippen MR) is 70.6 cm³/mol. The molecule has 128 valence electrons. The Labute approximate surface area is 129 Å². The van der Waals surface area contributed by atoms with E-state index in [0.29, 0.717) is 0 Å². The molecule has 1 fully saturated rings. The molecule has 1 aromatic carbocycles. The first-order chi connectivity index (χ1) is 10.8. The number of phenols is 3. The monoisotopic (exact) mass is 332 g/mol. The topological polar surface area (TPSA) is 177 Å². The van der Waals surface area contributed by atoms with Crippen molar-refractivity contribution in [3.63, 3.8) is 0 Å². The molecular weight excluding hydrogens is 316 g/mol. The SMILES string of the molecule is O=C(OC1C(O)OC(CO)C(O)C1O)c1cc(O)c(O)c(O)c1. The van der Waals surface area contributed by atoms with Gasteiger partial charge in [-0.15, -0.1) is 0 Å². The summed E-state index contributed by atoms with van der Waals surface area (Å²) in [6, 6.07) is 1.60. The van der Waals surface area contributed by atoms with Crippen LogP contribution in [0.3, 0.4) is 0 Å². The van der Waals surface area contributed by atoms with Crippen molar-refractivity contribution >= 4 is 5.97 Å². The van der Waals surface area contributed by atoms with Gasteiger partial charge in [0.05, 0.1) is 12.2 Å². The molecule has 10 heteroatoms. The van der Waals surface area contributed by atoms with Gasteiger partial charge in [-0.25, -0.2) is 4.79 Å². The number of hydrogen-bond donors (Lipinski definition) is 7. The molecule has 1 aliphatic heterocycles. The van der Waals surface area contributed by atoms with Gasteiger partial charge in [0.15, 0.2) is 29.6 Å². The highest BCUT2D eigenvalue weighted by atomic mass is 16.7. The lowest BCUT2D eigenvalue weighted by Crippen LogP contribution is -2.59. The summed E-state index contributed by atoms with van der Waals surface area (Å²) in [6.07, 6.45) is -8.08.